The molecule has 2 aromatic rings. The topological polar surface area (TPSA) is 48.1 Å². The van der Waals surface area contributed by atoms with Crippen LogP contribution in [0.25, 0.3) is 0 Å². The molecule has 0 radical (unpaired) electrons. The number of pyridine rings is 1. The average Bonchev–Trinajstić information content (AvgIpc) is 2.33. The first kappa shape index (κ1) is 13.3. The van der Waals surface area contributed by atoms with Crippen LogP contribution in [0.2, 0.25) is 5.02 Å². The smallest absolute Gasteiger partial charge is 0.224 e. The third-order valence-electron chi connectivity index (χ3n) is 2.56. The lowest BCUT2D eigenvalue weighted by molar-refractivity contribution is 0.456. The highest BCUT2D eigenvalue weighted by Crippen LogP contribution is 2.32. The van der Waals surface area contributed by atoms with Crippen LogP contribution in [-0.2, 0) is 6.54 Å². The average molecular weight is 328 g/mol. The lowest BCUT2D eigenvalue weighted by atomic mass is 10.1. The molecule has 0 spiro atoms. The van der Waals surface area contributed by atoms with E-state index in [1.165, 1.54) is 0 Å². The van der Waals surface area contributed by atoms with Crippen LogP contribution in [0.4, 0.5) is 0 Å². The summed E-state index contributed by atoms with van der Waals surface area (Å²) >= 11 is 9.45. The van der Waals surface area contributed by atoms with Crippen molar-refractivity contribution in [3.8, 4) is 11.6 Å². The van der Waals surface area contributed by atoms with Crippen molar-refractivity contribution in [2.75, 3.05) is 0 Å². The van der Waals surface area contributed by atoms with Gasteiger partial charge in [0.2, 0.25) is 5.88 Å². The van der Waals surface area contributed by atoms with Crippen LogP contribution in [0, 0.1) is 6.92 Å². The molecule has 0 saturated carbocycles. The Balaban J connectivity index is 2.37. The molecule has 18 heavy (non-hydrogen) atoms. The fourth-order valence-corrected chi connectivity index (χ4v) is 2.27. The first-order valence-electron chi connectivity index (χ1n) is 5.39. The molecule has 1 aromatic heterocycles. The summed E-state index contributed by atoms with van der Waals surface area (Å²) in [5, 5.41) is 0.524. The van der Waals surface area contributed by atoms with Gasteiger partial charge in [-0.15, -0.1) is 0 Å². The molecule has 0 unspecified atom stereocenters. The predicted octanol–water partition coefficient (Wildman–Crippen LogP) is 4.06. The second kappa shape index (κ2) is 5.69. The van der Waals surface area contributed by atoms with E-state index in [9.17, 15) is 0 Å². The molecule has 0 aliphatic heterocycles. The van der Waals surface area contributed by atoms with Crippen molar-refractivity contribution in [3.63, 3.8) is 0 Å². The Labute approximate surface area is 119 Å². The van der Waals surface area contributed by atoms with E-state index in [1.54, 1.807) is 18.3 Å². The summed E-state index contributed by atoms with van der Waals surface area (Å²) in [6.45, 7) is 2.35. The van der Waals surface area contributed by atoms with E-state index in [0.717, 1.165) is 15.6 Å². The van der Waals surface area contributed by atoms with Crippen molar-refractivity contribution in [2.45, 2.75) is 13.5 Å². The number of nitrogens with two attached hydrogens (primary N) is 1. The van der Waals surface area contributed by atoms with Crippen molar-refractivity contribution >= 4 is 27.5 Å². The van der Waals surface area contributed by atoms with Crippen LogP contribution in [0.5, 0.6) is 11.6 Å². The van der Waals surface area contributed by atoms with E-state index >= 15 is 0 Å². The van der Waals surface area contributed by atoms with Crippen LogP contribution in [0.15, 0.2) is 34.9 Å². The van der Waals surface area contributed by atoms with Gasteiger partial charge >= 0.3 is 0 Å². The fraction of sp³-hybridized carbons (Fsp3) is 0.154. The van der Waals surface area contributed by atoms with Gasteiger partial charge < -0.3 is 10.5 Å². The zero-order valence-electron chi connectivity index (χ0n) is 9.78. The third-order valence-corrected chi connectivity index (χ3v) is 3.34. The Hall–Kier alpha value is -1.10. The van der Waals surface area contributed by atoms with Gasteiger partial charge in [-0.2, -0.15) is 0 Å². The largest absolute Gasteiger partial charge is 0.437 e. The summed E-state index contributed by atoms with van der Waals surface area (Å²) in [6, 6.07) is 7.32. The van der Waals surface area contributed by atoms with E-state index in [2.05, 4.69) is 20.9 Å². The van der Waals surface area contributed by atoms with Crippen LogP contribution < -0.4 is 10.5 Å². The van der Waals surface area contributed by atoms with Gasteiger partial charge in [0, 0.05) is 22.8 Å². The molecule has 94 valence electrons. The minimum atomic E-state index is 0.378. The number of nitrogens with zero attached hydrogens (tertiary/aromatic N) is 1. The number of hydrogen-bond donors (Lipinski definition) is 1. The molecule has 0 bridgehead atoms. The van der Waals surface area contributed by atoms with E-state index in [4.69, 9.17) is 22.1 Å². The maximum atomic E-state index is 6.10. The van der Waals surface area contributed by atoms with Crippen LogP contribution >= 0.6 is 27.5 Å². The molecule has 3 nitrogen and oxygen atoms in total. The van der Waals surface area contributed by atoms with Crippen molar-refractivity contribution in [1.29, 1.82) is 0 Å². The summed E-state index contributed by atoms with van der Waals surface area (Å²) < 4.78 is 6.62. The molecular formula is C13H12BrClN2O. The number of rotatable bonds is 3. The zero-order chi connectivity index (χ0) is 13.1. The van der Waals surface area contributed by atoms with E-state index < -0.39 is 0 Å². The normalized spacial score (nSPS) is 10.4. The van der Waals surface area contributed by atoms with Crippen molar-refractivity contribution in [3.05, 3.63) is 51.1 Å². The Kier molecular flexibility index (Phi) is 4.22. The summed E-state index contributed by atoms with van der Waals surface area (Å²) in [5.74, 6) is 1.06. The van der Waals surface area contributed by atoms with Crippen LogP contribution in [0.1, 0.15) is 11.1 Å². The summed E-state index contributed by atoms with van der Waals surface area (Å²) in [4.78, 5) is 4.20. The molecule has 2 rings (SSSR count). The number of hydrogen-bond acceptors (Lipinski definition) is 3. The third kappa shape index (κ3) is 2.83. The highest BCUT2D eigenvalue weighted by atomic mass is 79.9. The molecule has 0 fully saturated rings. The summed E-state index contributed by atoms with van der Waals surface area (Å²) in [7, 11) is 0. The van der Waals surface area contributed by atoms with Crippen molar-refractivity contribution in [2.24, 2.45) is 5.73 Å². The molecule has 0 saturated heterocycles. The van der Waals surface area contributed by atoms with Gasteiger partial charge in [-0.05, 0) is 36.8 Å². The van der Waals surface area contributed by atoms with E-state index in [-0.39, 0.29) is 0 Å². The van der Waals surface area contributed by atoms with E-state index in [0.29, 0.717) is 23.2 Å². The first-order chi connectivity index (χ1) is 8.61. The molecule has 0 atom stereocenters. The monoisotopic (exact) mass is 326 g/mol. The Morgan fingerprint density at radius 1 is 1.39 bits per heavy atom. The van der Waals surface area contributed by atoms with Gasteiger partial charge in [-0.25, -0.2) is 4.98 Å². The van der Waals surface area contributed by atoms with Gasteiger partial charge in [-0.3, -0.25) is 0 Å². The van der Waals surface area contributed by atoms with Crippen LogP contribution in [-0.4, -0.2) is 4.98 Å². The summed E-state index contributed by atoms with van der Waals surface area (Å²) in [6.07, 6.45) is 1.69. The Morgan fingerprint density at radius 3 is 2.83 bits per heavy atom. The Morgan fingerprint density at radius 2 is 2.17 bits per heavy atom. The molecule has 0 aliphatic carbocycles. The lowest BCUT2D eigenvalue weighted by Gasteiger charge is -2.11. The van der Waals surface area contributed by atoms with Crippen molar-refractivity contribution < 1.29 is 4.74 Å². The molecule has 1 heterocycles. The number of benzene rings is 1. The molecular weight excluding hydrogens is 316 g/mol. The zero-order valence-corrected chi connectivity index (χ0v) is 12.1. The second-order valence-electron chi connectivity index (χ2n) is 3.79. The van der Waals surface area contributed by atoms with Gasteiger partial charge in [0.1, 0.15) is 5.75 Å². The number of aryl methyl sites for hydroxylation is 1. The Bertz CT molecular complexity index is 575. The van der Waals surface area contributed by atoms with Crippen molar-refractivity contribution in [1.82, 2.24) is 4.98 Å². The van der Waals surface area contributed by atoms with E-state index in [1.807, 2.05) is 19.1 Å². The molecule has 1 aromatic carbocycles. The molecule has 2 N–H and O–H groups in total. The van der Waals surface area contributed by atoms with Gasteiger partial charge in [-0.1, -0.05) is 27.5 Å². The second-order valence-corrected chi connectivity index (χ2v) is 5.12. The lowest BCUT2D eigenvalue weighted by Crippen LogP contribution is -2.03. The first-order valence-corrected chi connectivity index (χ1v) is 6.56. The molecule has 5 heteroatoms. The predicted molar refractivity (Wildman–Crippen MR) is 76.1 cm³/mol. The highest BCUT2D eigenvalue weighted by molar-refractivity contribution is 9.10. The minimum absolute atomic E-state index is 0.378. The summed E-state index contributed by atoms with van der Waals surface area (Å²) in [5.41, 5.74) is 7.64. The van der Waals surface area contributed by atoms with Crippen LogP contribution in [0.3, 0.4) is 0 Å². The van der Waals surface area contributed by atoms with Gasteiger partial charge in [0.05, 0.1) is 5.02 Å². The minimum Gasteiger partial charge on any atom is -0.437 e. The van der Waals surface area contributed by atoms with Gasteiger partial charge in [0.25, 0.3) is 0 Å². The number of halogens is 2. The standard InChI is InChI=1S/C13H12BrClN2O/c1-8-4-5-17-13(10(8)7-16)18-12-3-2-9(14)6-11(12)15/h2-6H,7,16H2,1H3. The van der Waals surface area contributed by atoms with Gasteiger partial charge in [0.15, 0.2) is 0 Å². The SMILES string of the molecule is Cc1ccnc(Oc2ccc(Br)cc2Cl)c1CN. The quantitative estimate of drug-likeness (QED) is 0.925. The fourth-order valence-electron chi connectivity index (χ4n) is 1.56. The highest BCUT2D eigenvalue weighted by Gasteiger charge is 2.10. The number of ether oxygens (including phenoxy) is 1. The molecule has 0 amide bonds. The number of aromatic nitrogens is 1. The maximum Gasteiger partial charge on any atom is 0.224 e. The molecule has 0 aliphatic rings. The maximum absolute atomic E-state index is 6.10.